The number of hydrogen-bond acceptors (Lipinski definition) is 2. The van der Waals surface area contributed by atoms with Crippen molar-refractivity contribution in [2.24, 2.45) is 0 Å². The van der Waals surface area contributed by atoms with Gasteiger partial charge in [-0.3, -0.25) is 0 Å². The average molecular weight is 286 g/mol. The third kappa shape index (κ3) is 2.95. The van der Waals surface area contributed by atoms with E-state index in [0.29, 0.717) is 0 Å². The zero-order chi connectivity index (χ0) is 15.3. The van der Waals surface area contributed by atoms with Gasteiger partial charge in [-0.2, -0.15) is 0 Å². The molecule has 0 saturated carbocycles. The van der Waals surface area contributed by atoms with Crippen molar-refractivity contribution in [1.29, 1.82) is 0 Å². The minimum Gasteiger partial charge on any atom is -0.399 e. The summed E-state index contributed by atoms with van der Waals surface area (Å²) in [5, 5.41) is 0. The van der Waals surface area contributed by atoms with Gasteiger partial charge in [-0.25, -0.2) is 0 Å². The quantitative estimate of drug-likeness (QED) is 0.693. The van der Waals surface area contributed by atoms with Crippen molar-refractivity contribution in [2.45, 2.75) is 64.6 Å². The third-order valence-corrected chi connectivity index (χ3v) is 5.04. The summed E-state index contributed by atoms with van der Waals surface area (Å²) in [5.74, 6) is 2.04. The van der Waals surface area contributed by atoms with Gasteiger partial charge in [0.2, 0.25) is 0 Å². The summed E-state index contributed by atoms with van der Waals surface area (Å²) in [6.45, 7) is 8.82. The molecular formula is C18H27BO2. The van der Waals surface area contributed by atoms with Gasteiger partial charge < -0.3 is 9.31 Å². The first-order valence-corrected chi connectivity index (χ1v) is 8.24. The molecule has 1 heterocycles. The van der Waals surface area contributed by atoms with Crippen LogP contribution in [-0.2, 0) is 9.31 Å². The Kier molecular flexibility index (Phi) is 5.29. The fraction of sp³-hybridized carbons (Fsp3) is 0.556. The van der Waals surface area contributed by atoms with Crippen LogP contribution < -0.4 is 0 Å². The van der Waals surface area contributed by atoms with Crippen LogP contribution in [0.1, 0.15) is 58.9 Å². The molecule has 0 radical (unpaired) electrons. The molecule has 2 nitrogen and oxygen atoms in total. The maximum Gasteiger partial charge on any atom is 0.487 e. The molecule has 3 heteroatoms. The minimum absolute atomic E-state index is 0.164. The van der Waals surface area contributed by atoms with Crippen LogP contribution in [0.2, 0.25) is 0 Å². The van der Waals surface area contributed by atoms with E-state index in [-0.39, 0.29) is 18.3 Å². The Balaban J connectivity index is 2.20. The Morgan fingerprint density at radius 1 is 0.857 bits per heavy atom. The molecule has 2 rings (SSSR count). The lowest BCUT2D eigenvalue weighted by molar-refractivity contribution is -0.0601. The first kappa shape index (κ1) is 16.3. The van der Waals surface area contributed by atoms with E-state index >= 15 is 0 Å². The van der Waals surface area contributed by atoms with Crippen molar-refractivity contribution < 1.29 is 9.31 Å². The van der Waals surface area contributed by atoms with Crippen LogP contribution in [0.15, 0.2) is 36.3 Å². The predicted octanol–water partition coefficient (Wildman–Crippen LogP) is 4.89. The molecule has 0 aromatic heterocycles. The summed E-state index contributed by atoms with van der Waals surface area (Å²) >= 11 is 0. The van der Waals surface area contributed by atoms with Crippen LogP contribution in [0.3, 0.4) is 0 Å². The summed E-state index contributed by atoms with van der Waals surface area (Å²) in [7, 11) is -0.245. The second-order valence-corrected chi connectivity index (χ2v) is 5.78. The molecule has 1 aliphatic rings. The Hall–Kier alpha value is -1.06. The molecule has 1 aromatic rings. The van der Waals surface area contributed by atoms with Crippen molar-refractivity contribution >= 4 is 13.2 Å². The van der Waals surface area contributed by atoms with E-state index in [4.69, 9.17) is 9.31 Å². The number of benzene rings is 1. The first-order valence-electron chi connectivity index (χ1n) is 8.24. The van der Waals surface area contributed by atoms with E-state index in [1.165, 1.54) is 5.56 Å². The highest BCUT2D eigenvalue weighted by Crippen LogP contribution is 2.47. The molecule has 0 atom stereocenters. The first-order chi connectivity index (χ1) is 10.1. The van der Waals surface area contributed by atoms with Crippen LogP contribution in [-0.4, -0.2) is 18.3 Å². The van der Waals surface area contributed by atoms with Gasteiger partial charge in [-0.15, -0.1) is 0 Å². The summed E-state index contributed by atoms with van der Waals surface area (Å²) < 4.78 is 12.7. The second kappa shape index (κ2) is 6.80. The summed E-state index contributed by atoms with van der Waals surface area (Å²) in [6.07, 6.45) is 6.03. The Morgan fingerprint density at radius 3 is 1.76 bits per heavy atom. The molecule has 1 saturated heterocycles. The van der Waals surface area contributed by atoms with E-state index in [2.05, 4.69) is 45.9 Å². The van der Waals surface area contributed by atoms with Crippen molar-refractivity contribution in [3.63, 3.8) is 0 Å². The van der Waals surface area contributed by atoms with Crippen LogP contribution in [0, 0.1) is 0 Å². The largest absolute Gasteiger partial charge is 0.487 e. The van der Waals surface area contributed by atoms with E-state index in [1.807, 2.05) is 24.2 Å². The standard InChI is InChI=1S/C18H27BO2/c1-5-17(6-2)18(7-3,8-4)21-19(20-17)15-14-16-12-10-9-11-13-16/h9-15H,5-8H2,1-4H3/b15-14+. The Labute approximate surface area is 129 Å². The zero-order valence-corrected chi connectivity index (χ0v) is 13.8. The van der Waals surface area contributed by atoms with Gasteiger partial charge in [0.05, 0.1) is 11.2 Å². The third-order valence-electron chi connectivity index (χ3n) is 5.04. The van der Waals surface area contributed by atoms with Crippen molar-refractivity contribution in [1.82, 2.24) is 0 Å². The van der Waals surface area contributed by atoms with Gasteiger partial charge in [0.25, 0.3) is 0 Å². The lowest BCUT2D eigenvalue weighted by Crippen LogP contribution is -2.50. The highest BCUT2D eigenvalue weighted by molar-refractivity contribution is 6.52. The molecule has 21 heavy (non-hydrogen) atoms. The van der Waals surface area contributed by atoms with E-state index in [1.54, 1.807) is 0 Å². The molecule has 0 aliphatic carbocycles. The molecule has 0 spiro atoms. The van der Waals surface area contributed by atoms with E-state index in [9.17, 15) is 0 Å². The molecule has 1 aromatic carbocycles. The van der Waals surface area contributed by atoms with Crippen molar-refractivity contribution in [2.75, 3.05) is 0 Å². The topological polar surface area (TPSA) is 18.5 Å². The molecule has 1 fully saturated rings. The van der Waals surface area contributed by atoms with Crippen LogP contribution in [0.5, 0.6) is 0 Å². The molecule has 0 amide bonds. The molecule has 0 bridgehead atoms. The Bertz CT molecular complexity index is 441. The summed E-state index contributed by atoms with van der Waals surface area (Å²) in [6, 6.07) is 10.3. The van der Waals surface area contributed by atoms with E-state index in [0.717, 1.165) is 25.7 Å². The summed E-state index contributed by atoms with van der Waals surface area (Å²) in [4.78, 5) is 0. The van der Waals surface area contributed by atoms with Crippen LogP contribution >= 0.6 is 0 Å². The van der Waals surface area contributed by atoms with Gasteiger partial charge in [0.1, 0.15) is 0 Å². The van der Waals surface area contributed by atoms with Gasteiger partial charge in [0.15, 0.2) is 0 Å². The highest BCUT2D eigenvalue weighted by Gasteiger charge is 2.57. The number of rotatable bonds is 6. The lowest BCUT2D eigenvalue weighted by atomic mass is 9.75. The van der Waals surface area contributed by atoms with Crippen molar-refractivity contribution in [3.05, 3.63) is 41.9 Å². The molecule has 114 valence electrons. The molecule has 0 unspecified atom stereocenters. The monoisotopic (exact) mass is 286 g/mol. The fourth-order valence-corrected chi connectivity index (χ4v) is 3.64. The predicted molar refractivity (Wildman–Crippen MR) is 90.0 cm³/mol. The second-order valence-electron chi connectivity index (χ2n) is 5.78. The normalized spacial score (nSPS) is 20.3. The smallest absolute Gasteiger partial charge is 0.399 e. The highest BCUT2D eigenvalue weighted by atomic mass is 16.7. The SMILES string of the molecule is CCC1(CC)OB(/C=C/c2ccccc2)OC1(CC)CC. The molecule has 0 N–H and O–H groups in total. The molecular weight excluding hydrogens is 259 g/mol. The fourth-order valence-electron chi connectivity index (χ4n) is 3.64. The maximum absolute atomic E-state index is 6.36. The van der Waals surface area contributed by atoms with Crippen LogP contribution in [0.25, 0.3) is 6.08 Å². The average Bonchev–Trinajstić information content (AvgIpc) is 2.88. The van der Waals surface area contributed by atoms with Crippen molar-refractivity contribution in [3.8, 4) is 0 Å². The van der Waals surface area contributed by atoms with Gasteiger partial charge in [-0.05, 0) is 31.2 Å². The minimum atomic E-state index is -0.245. The van der Waals surface area contributed by atoms with E-state index < -0.39 is 0 Å². The number of hydrogen-bond donors (Lipinski definition) is 0. The van der Waals surface area contributed by atoms with Gasteiger partial charge in [-0.1, -0.05) is 70.1 Å². The summed E-state index contributed by atoms with van der Waals surface area (Å²) in [5.41, 5.74) is 0.846. The lowest BCUT2D eigenvalue weighted by Gasteiger charge is -2.42. The van der Waals surface area contributed by atoms with Gasteiger partial charge >= 0.3 is 7.12 Å². The van der Waals surface area contributed by atoms with Crippen LogP contribution in [0.4, 0.5) is 0 Å². The molecule has 1 aliphatic heterocycles. The Morgan fingerprint density at radius 2 is 1.33 bits per heavy atom. The zero-order valence-electron chi connectivity index (χ0n) is 13.8. The van der Waals surface area contributed by atoms with Gasteiger partial charge in [0, 0.05) is 0 Å². The maximum atomic E-state index is 6.36.